The minimum atomic E-state index is -0.346. The summed E-state index contributed by atoms with van der Waals surface area (Å²) in [4.78, 5) is 15.3. The van der Waals surface area contributed by atoms with Gasteiger partial charge < -0.3 is 4.74 Å². The molecular formula is C11H13NO2S. The number of hydrogen-bond acceptors (Lipinski definition) is 4. The number of allylic oxidation sites excluding steroid dienone is 1. The lowest BCUT2D eigenvalue weighted by Gasteiger charge is -1.99. The molecule has 1 aromatic heterocycles. The number of esters is 1. The van der Waals surface area contributed by atoms with Crippen molar-refractivity contribution in [2.45, 2.75) is 6.42 Å². The van der Waals surface area contributed by atoms with Gasteiger partial charge >= 0.3 is 5.97 Å². The summed E-state index contributed by atoms with van der Waals surface area (Å²) in [7, 11) is 1.36. The van der Waals surface area contributed by atoms with Crippen molar-refractivity contribution < 1.29 is 9.53 Å². The molecule has 3 nitrogen and oxygen atoms in total. The van der Waals surface area contributed by atoms with Crippen LogP contribution in [0.4, 0.5) is 0 Å². The van der Waals surface area contributed by atoms with Gasteiger partial charge in [0.1, 0.15) is 0 Å². The van der Waals surface area contributed by atoms with Gasteiger partial charge in [0, 0.05) is 6.20 Å². The molecule has 0 aliphatic carbocycles. The summed E-state index contributed by atoms with van der Waals surface area (Å²) in [6.45, 7) is 0. The third-order valence-electron chi connectivity index (χ3n) is 1.79. The van der Waals surface area contributed by atoms with E-state index in [1.165, 1.54) is 7.11 Å². The van der Waals surface area contributed by atoms with Crippen molar-refractivity contribution >= 4 is 24.7 Å². The Morgan fingerprint density at radius 1 is 1.67 bits per heavy atom. The largest absolute Gasteiger partial charge is 0.465 e. The van der Waals surface area contributed by atoms with Crippen molar-refractivity contribution in [1.29, 1.82) is 0 Å². The highest BCUT2D eigenvalue weighted by Gasteiger charge is 2.04. The van der Waals surface area contributed by atoms with Gasteiger partial charge in [-0.2, -0.15) is 12.6 Å². The van der Waals surface area contributed by atoms with E-state index >= 15 is 0 Å². The third-order valence-corrected chi connectivity index (χ3v) is 2.04. The molecule has 0 atom stereocenters. The molecule has 0 aliphatic heterocycles. The second kappa shape index (κ2) is 6.24. The summed E-state index contributed by atoms with van der Waals surface area (Å²) < 4.78 is 4.61. The van der Waals surface area contributed by atoms with Gasteiger partial charge in [0.05, 0.1) is 18.4 Å². The zero-order valence-electron chi connectivity index (χ0n) is 8.51. The van der Waals surface area contributed by atoms with Crippen LogP contribution in [0.5, 0.6) is 0 Å². The predicted molar refractivity (Wildman–Crippen MR) is 63.1 cm³/mol. The van der Waals surface area contributed by atoms with E-state index in [2.05, 4.69) is 22.3 Å². The van der Waals surface area contributed by atoms with Crippen LogP contribution in [0.15, 0.2) is 24.4 Å². The van der Waals surface area contributed by atoms with Gasteiger partial charge in [0.2, 0.25) is 0 Å². The van der Waals surface area contributed by atoms with Gasteiger partial charge in [-0.15, -0.1) is 0 Å². The SMILES string of the molecule is COC(=O)c1ccnc(C=CCCS)c1. The maximum absolute atomic E-state index is 11.2. The van der Waals surface area contributed by atoms with Crippen molar-refractivity contribution in [2.24, 2.45) is 0 Å². The van der Waals surface area contributed by atoms with Crippen molar-refractivity contribution in [3.05, 3.63) is 35.7 Å². The lowest BCUT2D eigenvalue weighted by atomic mass is 10.2. The first kappa shape index (κ1) is 11.8. The first-order valence-electron chi connectivity index (χ1n) is 4.59. The summed E-state index contributed by atoms with van der Waals surface area (Å²) >= 11 is 4.09. The standard InChI is InChI=1S/C11H13NO2S/c1-14-11(13)9-5-6-12-10(8-9)4-2-3-7-15/h2,4-6,8,15H,3,7H2,1H3. The molecule has 0 bridgehead atoms. The summed E-state index contributed by atoms with van der Waals surface area (Å²) in [5, 5.41) is 0. The summed E-state index contributed by atoms with van der Waals surface area (Å²) in [5.41, 5.74) is 1.26. The molecule has 0 saturated heterocycles. The van der Waals surface area contributed by atoms with Crippen LogP contribution in [-0.4, -0.2) is 23.8 Å². The molecule has 1 aromatic rings. The predicted octanol–water partition coefficient (Wildman–Crippen LogP) is 2.20. The molecule has 0 aromatic carbocycles. The van der Waals surface area contributed by atoms with Gasteiger partial charge in [-0.1, -0.05) is 6.08 Å². The smallest absolute Gasteiger partial charge is 0.337 e. The van der Waals surface area contributed by atoms with Gasteiger partial charge in [-0.05, 0) is 30.4 Å². The number of carbonyl (C=O) groups is 1. The van der Waals surface area contributed by atoms with E-state index in [1.807, 2.05) is 12.2 Å². The van der Waals surface area contributed by atoms with E-state index < -0.39 is 0 Å². The minimum Gasteiger partial charge on any atom is -0.465 e. The third kappa shape index (κ3) is 3.75. The normalized spacial score (nSPS) is 10.5. The molecule has 0 fully saturated rings. The monoisotopic (exact) mass is 223 g/mol. The summed E-state index contributed by atoms with van der Waals surface area (Å²) in [5.74, 6) is 0.453. The average Bonchev–Trinajstić information content (AvgIpc) is 2.29. The van der Waals surface area contributed by atoms with E-state index in [0.29, 0.717) is 5.56 Å². The molecule has 80 valence electrons. The van der Waals surface area contributed by atoms with Crippen LogP contribution < -0.4 is 0 Å². The van der Waals surface area contributed by atoms with Gasteiger partial charge in [-0.3, -0.25) is 4.98 Å². The highest BCUT2D eigenvalue weighted by Crippen LogP contribution is 2.05. The fourth-order valence-corrected chi connectivity index (χ4v) is 1.21. The lowest BCUT2D eigenvalue weighted by Crippen LogP contribution is -2.01. The van der Waals surface area contributed by atoms with E-state index in [9.17, 15) is 4.79 Å². The first-order chi connectivity index (χ1) is 7.27. The number of pyridine rings is 1. The molecule has 4 heteroatoms. The highest BCUT2D eigenvalue weighted by atomic mass is 32.1. The van der Waals surface area contributed by atoms with Crippen molar-refractivity contribution in [3.8, 4) is 0 Å². The Kier molecular flexibility index (Phi) is 4.90. The fraction of sp³-hybridized carbons (Fsp3) is 0.273. The van der Waals surface area contributed by atoms with Crippen LogP contribution in [0.25, 0.3) is 6.08 Å². The Morgan fingerprint density at radius 2 is 2.47 bits per heavy atom. The van der Waals surface area contributed by atoms with E-state index in [4.69, 9.17) is 0 Å². The second-order valence-electron chi connectivity index (χ2n) is 2.88. The van der Waals surface area contributed by atoms with Crippen molar-refractivity contribution in [1.82, 2.24) is 4.98 Å². The maximum Gasteiger partial charge on any atom is 0.337 e. The zero-order valence-corrected chi connectivity index (χ0v) is 9.41. The molecular weight excluding hydrogens is 210 g/mol. The summed E-state index contributed by atoms with van der Waals surface area (Å²) in [6, 6.07) is 3.32. The van der Waals surface area contributed by atoms with Crippen LogP contribution >= 0.6 is 12.6 Å². The quantitative estimate of drug-likeness (QED) is 0.628. The molecule has 0 amide bonds. The molecule has 0 unspecified atom stereocenters. The number of aromatic nitrogens is 1. The number of ether oxygens (including phenoxy) is 1. The number of thiol groups is 1. The van der Waals surface area contributed by atoms with Crippen LogP contribution in [0.1, 0.15) is 22.5 Å². The average molecular weight is 223 g/mol. The van der Waals surface area contributed by atoms with Crippen LogP contribution in [0.3, 0.4) is 0 Å². The van der Waals surface area contributed by atoms with E-state index in [1.54, 1.807) is 18.3 Å². The lowest BCUT2D eigenvalue weighted by molar-refractivity contribution is 0.0600. The Balaban J connectivity index is 2.78. The molecule has 15 heavy (non-hydrogen) atoms. The fourth-order valence-electron chi connectivity index (χ4n) is 1.06. The number of hydrogen-bond donors (Lipinski definition) is 1. The number of methoxy groups -OCH3 is 1. The zero-order chi connectivity index (χ0) is 11.1. The van der Waals surface area contributed by atoms with Crippen molar-refractivity contribution in [3.63, 3.8) is 0 Å². The minimum absolute atomic E-state index is 0.346. The second-order valence-corrected chi connectivity index (χ2v) is 3.32. The molecule has 0 N–H and O–H groups in total. The van der Waals surface area contributed by atoms with E-state index in [-0.39, 0.29) is 5.97 Å². The number of carbonyl (C=O) groups excluding carboxylic acids is 1. The summed E-state index contributed by atoms with van der Waals surface area (Å²) in [6.07, 6.45) is 6.30. The number of rotatable bonds is 4. The van der Waals surface area contributed by atoms with Crippen LogP contribution in [0.2, 0.25) is 0 Å². The van der Waals surface area contributed by atoms with Crippen LogP contribution in [0, 0.1) is 0 Å². The molecule has 1 rings (SSSR count). The highest BCUT2D eigenvalue weighted by molar-refractivity contribution is 7.80. The molecule has 0 aliphatic rings. The van der Waals surface area contributed by atoms with Gasteiger partial charge in [0.25, 0.3) is 0 Å². The number of nitrogens with zero attached hydrogens (tertiary/aromatic N) is 1. The first-order valence-corrected chi connectivity index (χ1v) is 5.23. The Hall–Kier alpha value is -1.29. The van der Waals surface area contributed by atoms with Gasteiger partial charge in [-0.25, -0.2) is 4.79 Å². The maximum atomic E-state index is 11.2. The van der Waals surface area contributed by atoms with Crippen molar-refractivity contribution in [2.75, 3.05) is 12.9 Å². The molecule has 0 spiro atoms. The van der Waals surface area contributed by atoms with E-state index in [0.717, 1.165) is 17.9 Å². The molecule has 0 radical (unpaired) electrons. The topological polar surface area (TPSA) is 39.2 Å². The van der Waals surface area contributed by atoms with Gasteiger partial charge in [0.15, 0.2) is 0 Å². The molecule has 1 heterocycles. The Morgan fingerprint density at radius 3 is 3.13 bits per heavy atom. The van der Waals surface area contributed by atoms with Crippen LogP contribution in [-0.2, 0) is 4.74 Å². The Bertz CT molecular complexity index is 363. The molecule has 0 saturated carbocycles. The Labute approximate surface area is 94.6 Å².